The van der Waals surface area contributed by atoms with E-state index in [1.54, 1.807) is 23.9 Å². The average Bonchev–Trinajstić information content (AvgIpc) is 2.86. The van der Waals surface area contributed by atoms with Crippen molar-refractivity contribution in [3.05, 3.63) is 36.4 Å². The number of amides is 2. The molecule has 0 saturated carbocycles. The first kappa shape index (κ1) is 12.0. The lowest BCUT2D eigenvalue weighted by Gasteiger charge is -2.03. The van der Waals surface area contributed by atoms with Gasteiger partial charge < -0.3 is 19.8 Å². The summed E-state index contributed by atoms with van der Waals surface area (Å²) in [6, 6.07) is 3.43. The second-order valence-electron chi connectivity index (χ2n) is 4.01. The summed E-state index contributed by atoms with van der Waals surface area (Å²) < 4.78 is 3.50. The van der Waals surface area contributed by atoms with Crippen molar-refractivity contribution in [2.75, 3.05) is 10.6 Å². The molecule has 0 atom stereocenters. The van der Waals surface area contributed by atoms with Crippen molar-refractivity contribution in [1.82, 2.24) is 9.13 Å². The molecule has 0 saturated heterocycles. The molecule has 2 aromatic heterocycles. The molecule has 2 N–H and O–H groups in total. The molecule has 2 heterocycles. The van der Waals surface area contributed by atoms with Crippen LogP contribution in [0.1, 0.15) is 10.5 Å². The van der Waals surface area contributed by atoms with Gasteiger partial charge in [0.2, 0.25) is 6.41 Å². The van der Waals surface area contributed by atoms with E-state index in [4.69, 9.17) is 0 Å². The van der Waals surface area contributed by atoms with Gasteiger partial charge in [0, 0.05) is 32.7 Å². The van der Waals surface area contributed by atoms with E-state index in [0.717, 1.165) is 5.69 Å². The van der Waals surface area contributed by atoms with Crippen molar-refractivity contribution in [2.24, 2.45) is 14.1 Å². The third-order valence-corrected chi connectivity index (χ3v) is 2.55. The van der Waals surface area contributed by atoms with Gasteiger partial charge in [-0.3, -0.25) is 9.59 Å². The molecule has 0 bridgehead atoms. The van der Waals surface area contributed by atoms with Crippen LogP contribution in [0.4, 0.5) is 11.4 Å². The zero-order valence-electron chi connectivity index (χ0n) is 10.2. The van der Waals surface area contributed by atoms with Crippen molar-refractivity contribution >= 4 is 23.7 Å². The summed E-state index contributed by atoms with van der Waals surface area (Å²) in [5, 5.41) is 5.28. The summed E-state index contributed by atoms with van der Waals surface area (Å²) in [6.07, 6.45) is 5.91. The van der Waals surface area contributed by atoms with Crippen LogP contribution in [0.15, 0.2) is 30.7 Å². The Bertz CT molecular complexity index is 583. The molecule has 2 amide bonds. The number of aromatic nitrogens is 2. The minimum Gasteiger partial charge on any atom is -0.355 e. The first-order valence-electron chi connectivity index (χ1n) is 5.40. The van der Waals surface area contributed by atoms with E-state index in [0.29, 0.717) is 17.8 Å². The highest BCUT2D eigenvalue weighted by Gasteiger charge is 2.12. The van der Waals surface area contributed by atoms with E-state index in [1.807, 2.05) is 30.1 Å². The number of nitrogens with zero attached hydrogens (tertiary/aromatic N) is 2. The number of carbonyl (C=O) groups is 2. The topological polar surface area (TPSA) is 68.1 Å². The zero-order valence-corrected chi connectivity index (χ0v) is 10.2. The Balaban J connectivity index is 2.15. The lowest BCUT2D eigenvalue weighted by Crippen LogP contribution is -2.14. The predicted molar refractivity (Wildman–Crippen MR) is 68.5 cm³/mol. The quantitative estimate of drug-likeness (QED) is 0.795. The van der Waals surface area contributed by atoms with Gasteiger partial charge in [-0.05, 0) is 12.1 Å². The van der Waals surface area contributed by atoms with Crippen LogP contribution >= 0.6 is 0 Å². The summed E-state index contributed by atoms with van der Waals surface area (Å²) in [6.45, 7) is 0. The van der Waals surface area contributed by atoms with E-state index >= 15 is 0 Å². The van der Waals surface area contributed by atoms with Gasteiger partial charge in [0.15, 0.2) is 0 Å². The molecule has 94 valence electrons. The lowest BCUT2D eigenvalue weighted by atomic mass is 10.3. The summed E-state index contributed by atoms with van der Waals surface area (Å²) in [5.41, 5.74) is 1.79. The normalized spacial score (nSPS) is 10.1. The van der Waals surface area contributed by atoms with Gasteiger partial charge in [0.05, 0.1) is 11.4 Å². The Kier molecular flexibility index (Phi) is 3.18. The van der Waals surface area contributed by atoms with Crippen LogP contribution in [-0.2, 0) is 18.9 Å². The van der Waals surface area contributed by atoms with E-state index < -0.39 is 0 Å². The van der Waals surface area contributed by atoms with E-state index in [-0.39, 0.29) is 5.91 Å². The molecule has 0 spiro atoms. The number of anilines is 2. The van der Waals surface area contributed by atoms with Gasteiger partial charge in [-0.15, -0.1) is 0 Å². The average molecular weight is 246 g/mol. The maximum Gasteiger partial charge on any atom is 0.272 e. The maximum atomic E-state index is 12.0. The van der Waals surface area contributed by atoms with Crippen LogP contribution in [0.2, 0.25) is 0 Å². The fourth-order valence-electron chi connectivity index (χ4n) is 1.71. The van der Waals surface area contributed by atoms with Gasteiger partial charge in [-0.2, -0.15) is 0 Å². The van der Waals surface area contributed by atoms with E-state index in [2.05, 4.69) is 10.6 Å². The molecule has 6 nitrogen and oxygen atoms in total. The minimum absolute atomic E-state index is 0.220. The lowest BCUT2D eigenvalue weighted by molar-refractivity contribution is -0.105. The molecule has 0 aromatic carbocycles. The Labute approximate surface area is 104 Å². The number of aryl methyl sites for hydroxylation is 2. The molecular weight excluding hydrogens is 232 g/mol. The van der Waals surface area contributed by atoms with E-state index in [1.165, 1.54) is 0 Å². The van der Waals surface area contributed by atoms with Crippen molar-refractivity contribution in [2.45, 2.75) is 0 Å². The second-order valence-corrected chi connectivity index (χ2v) is 4.01. The zero-order chi connectivity index (χ0) is 13.1. The van der Waals surface area contributed by atoms with Crippen LogP contribution in [0.5, 0.6) is 0 Å². The maximum absolute atomic E-state index is 12.0. The first-order valence-corrected chi connectivity index (χ1v) is 5.40. The molecule has 18 heavy (non-hydrogen) atoms. The van der Waals surface area contributed by atoms with Gasteiger partial charge in [0.25, 0.3) is 5.91 Å². The summed E-state index contributed by atoms with van der Waals surface area (Å²) in [7, 11) is 3.63. The highest BCUT2D eigenvalue weighted by atomic mass is 16.2. The monoisotopic (exact) mass is 246 g/mol. The number of nitrogens with one attached hydrogen (secondary N) is 2. The van der Waals surface area contributed by atoms with Crippen molar-refractivity contribution in [3.8, 4) is 0 Å². The second kappa shape index (κ2) is 4.79. The highest BCUT2D eigenvalue weighted by molar-refractivity contribution is 6.04. The van der Waals surface area contributed by atoms with Gasteiger partial charge in [-0.25, -0.2) is 0 Å². The van der Waals surface area contributed by atoms with Crippen LogP contribution in [0.3, 0.4) is 0 Å². The molecule has 2 aromatic rings. The fraction of sp³-hybridized carbons (Fsp3) is 0.167. The number of hydrogen-bond donors (Lipinski definition) is 2. The van der Waals surface area contributed by atoms with Crippen LogP contribution in [0.25, 0.3) is 0 Å². The van der Waals surface area contributed by atoms with Gasteiger partial charge in [0.1, 0.15) is 5.69 Å². The summed E-state index contributed by atoms with van der Waals surface area (Å²) >= 11 is 0. The minimum atomic E-state index is -0.220. The van der Waals surface area contributed by atoms with Crippen molar-refractivity contribution in [3.63, 3.8) is 0 Å². The van der Waals surface area contributed by atoms with Gasteiger partial charge >= 0.3 is 0 Å². The molecule has 0 fully saturated rings. The molecular formula is C12H14N4O2. The van der Waals surface area contributed by atoms with Crippen LogP contribution in [-0.4, -0.2) is 21.5 Å². The number of rotatable bonds is 4. The Hall–Kier alpha value is -2.50. The molecule has 6 heteroatoms. The van der Waals surface area contributed by atoms with Crippen molar-refractivity contribution in [1.29, 1.82) is 0 Å². The summed E-state index contributed by atoms with van der Waals surface area (Å²) in [4.78, 5) is 22.3. The molecule has 0 aliphatic heterocycles. The smallest absolute Gasteiger partial charge is 0.272 e. The molecule has 0 radical (unpaired) electrons. The van der Waals surface area contributed by atoms with Gasteiger partial charge in [-0.1, -0.05) is 0 Å². The Morgan fingerprint density at radius 2 is 2.06 bits per heavy atom. The summed E-state index contributed by atoms with van der Waals surface area (Å²) in [5.74, 6) is -0.220. The third kappa shape index (κ3) is 2.42. The number of carbonyl (C=O) groups excluding carboxylic acids is 2. The molecule has 0 aliphatic rings. The Morgan fingerprint density at radius 1 is 1.28 bits per heavy atom. The largest absolute Gasteiger partial charge is 0.355 e. The fourth-order valence-corrected chi connectivity index (χ4v) is 1.71. The standard InChI is InChI=1S/C12H14N4O2/c1-15-4-3-9(6-15)14-12(18)11-5-10(13-8-17)7-16(11)2/h3-8H,1-2H3,(H,13,17)(H,14,18). The van der Waals surface area contributed by atoms with Crippen LogP contribution < -0.4 is 10.6 Å². The Morgan fingerprint density at radius 3 is 2.67 bits per heavy atom. The van der Waals surface area contributed by atoms with Crippen LogP contribution in [0, 0.1) is 0 Å². The molecule has 2 rings (SSSR count). The SMILES string of the molecule is Cn1ccc(NC(=O)c2cc(NC=O)cn2C)c1. The first-order chi connectivity index (χ1) is 8.60. The third-order valence-electron chi connectivity index (χ3n) is 2.55. The highest BCUT2D eigenvalue weighted by Crippen LogP contribution is 2.14. The van der Waals surface area contributed by atoms with E-state index in [9.17, 15) is 9.59 Å². The number of hydrogen-bond acceptors (Lipinski definition) is 2. The van der Waals surface area contributed by atoms with Crippen molar-refractivity contribution < 1.29 is 9.59 Å². The molecule has 0 unspecified atom stereocenters. The predicted octanol–water partition coefficient (Wildman–Crippen LogP) is 1.18. The molecule has 0 aliphatic carbocycles.